The van der Waals surface area contributed by atoms with Gasteiger partial charge >= 0.3 is 45.0 Å². The van der Waals surface area contributed by atoms with E-state index >= 15 is 0 Å². The molecule has 0 saturated carbocycles. The average Bonchev–Trinajstić information content (AvgIpc) is 3.31. The Balaban J connectivity index is 0.00000235. The number of benzene rings is 2. The van der Waals surface area contributed by atoms with Crippen LogP contribution in [-0.4, -0.2) is 141 Å². The van der Waals surface area contributed by atoms with Gasteiger partial charge in [-0.05, 0) is 25.3 Å². The maximum absolute atomic E-state index is 13.1. The molecule has 1 unspecified atom stereocenters. The zero-order valence-electron chi connectivity index (χ0n) is 37.9. The fourth-order valence-corrected chi connectivity index (χ4v) is 5.09. The number of carbonyl (C=O) groups is 10. The Hall–Kier alpha value is -6.69. The molecule has 0 aliphatic heterocycles. The number of primary amides is 1. The van der Waals surface area contributed by atoms with Crippen LogP contribution >= 0.6 is 0 Å². The van der Waals surface area contributed by atoms with Crippen molar-refractivity contribution >= 4 is 74.2 Å². The minimum absolute atomic E-state index is 0.00519. The Morgan fingerprint density at radius 2 is 1.15 bits per heavy atom. The number of carbonyl (C=O) groups excluding carboxylic acids is 8. The van der Waals surface area contributed by atoms with Gasteiger partial charge in [-0.3, -0.25) is 47.9 Å². The van der Waals surface area contributed by atoms with E-state index in [1.165, 1.54) is 12.4 Å². The number of nitrogens with two attached hydrogens (primary N) is 1. The second kappa shape index (κ2) is 32.9. The molecule has 0 aliphatic rings. The van der Waals surface area contributed by atoms with Gasteiger partial charge in [0.05, 0.1) is 32.6 Å². The van der Waals surface area contributed by atoms with Crippen molar-refractivity contribution in [1.82, 2.24) is 36.8 Å². The first kappa shape index (κ1) is 61.3. The van der Waals surface area contributed by atoms with Gasteiger partial charge in [0.2, 0.25) is 53.1 Å². The van der Waals surface area contributed by atoms with E-state index in [1.54, 1.807) is 30.3 Å². The third kappa shape index (κ3) is 24.2. The van der Waals surface area contributed by atoms with Crippen molar-refractivity contribution in [2.24, 2.45) is 5.73 Å². The van der Waals surface area contributed by atoms with E-state index in [2.05, 4.69) is 44.6 Å². The van der Waals surface area contributed by atoms with E-state index in [1.807, 2.05) is 6.92 Å². The van der Waals surface area contributed by atoms with Gasteiger partial charge in [-0.2, -0.15) is 0 Å². The molecule has 0 aromatic heterocycles. The van der Waals surface area contributed by atoms with Crippen molar-refractivity contribution in [3.05, 3.63) is 70.5 Å². The number of likely N-dealkylation sites (N-methyl/N-ethyl adjacent to an activating group) is 1. The molecule has 10 N–H and O–H groups in total. The van der Waals surface area contributed by atoms with E-state index in [9.17, 15) is 69.9 Å². The summed E-state index contributed by atoms with van der Waals surface area (Å²) in [6, 6.07) is 4.64. The number of nitrogens with one attached hydrogen (secondary N) is 6. The molecule has 26 heteroatoms. The van der Waals surface area contributed by atoms with Gasteiger partial charge in [0.15, 0.2) is 23.3 Å². The Bertz CT molecular complexity index is 1970. The first-order valence-electron chi connectivity index (χ1n) is 20.6. The third-order valence-corrected chi connectivity index (χ3v) is 10.2. The van der Waals surface area contributed by atoms with Crippen LogP contribution in [0.5, 0.6) is 0 Å². The Morgan fingerprint density at radius 3 is 1.65 bits per heavy atom. The number of nitrogens with zero attached hydrogens (tertiary/aromatic N) is 1. The first-order valence-corrected chi connectivity index (χ1v) is 23.5. The normalized spacial score (nSPS) is 11.6. The molecule has 2 aromatic rings. The van der Waals surface area contributed by atoms with Crippen molar-refractivity contribution < 1.29 is 80.1 Å². The number of hydrogen-bond donors (Lipinski definition) is 9. The monoisotopic (exact) mass is 1040 g/mol. The van der Waals surface area contributed by atoms with Crippen LogP contribution < -0.4 is 37.6 Å². The zero-order valence-corrected chi connectivity index (χ0v) is 39.6. The van der Waals surface area contributed by atoms with Crippen LogP contribution in [0.4, 0.5) is 22.0 Å². The molecule has 0 fully saturated rings. The summed E-state index contributed by atoms with van der Waals surface area (Å²) in [5.41, 5.74) is 4.89. The minimum Gasteiger partial charge on any atom is -0.203 e. The molecule has 0 bridgehead atoms. The fourth-order valence-electron chi connectivity index (χ4n) is 5.09. The number of rotatable bonds is 25. The molecule has 2 rings (SSSR count). The SMILES string of the molecule is CCCCC(=O)N[C@@H](CCC(=O)O)C(=O)NCC(=O)NCC(=O)NCC(=O)N(C)C(Cc1ccccc1)C(=O)NCC(=O)N[C@@H](CC(=O)O)C(N)=O.CC[Se]C.Cc1c(F)c(F)c(F)c(F)c1F. The number of carboxylic acids is 2. The molecule has 3 atom stereocenters. The van der Waals surface area contributed by atoms with Gasteiger partial charge in [0, 0.05) is 31.9 Å². The van der Waals surface area contributed by atoms with Crippen LogP contribution in [0.3, 0.4) is 0 Å². The van der Waals surface area contributed by atoms with Crippen molar-refractivity contribution in [3.63, 3.8) is 0 Å². The molecule has 0 saturated heterocycles. The van der Waals surface area contributed by atoms with E-state index in [4.69, 9.17) is 15.9 Å². The van der Waals surface area contributed by atoms with Gasteiger partial charge in [0.1, 0.15) is 18.1 Å². The first-order chi connectivity index (χ1) is 31.9. The molecule has 2 aromatic carbocycles. The third-order valence-electron chi connectivity index (χ3n) is 9.00. The van der Waals surface area contributed by atoms with Gasteiger partial charge in [-0.15, -0.1) is 0 Å². The molecule has 8 amide bonds. The summed E-state index contributed by atoms with van der Waals surface area (Å²) in [7, 11) is 1.29. The Kier molecular flexibility index (Phi) is 29.7. The molecule has 378 valence electrons. The summed E-state index contributed by atoms with van der Waals surface area (Å²) in [6.07, 6.45) is 0.0397. The van der Waals surface area contributed by atoms with E-state index in [0.29, 0.717) is 12.0 Å². The Labute approximate surface area is 394 Å². The predicted octanol–water partition coefficient (Wildman–Crippen LogP) is 0.373. The van der Waals surface area contributed by atoms with E-state index in [0.717, 1.165) is 33.2 Å². The summed E-state index contributed by atoms with van der Waals surface area (Å²) in [5, 5.41) is 33.0. The molecule has 20 nitrogen and oxygen atoms in total. The number of unbranched alkanes of at least 4 members (excludes halogenated alkanes) is 1. The maximum Gasteiger partial charge on any atom is 0.200 e. The summed E-state index contributed by atoms with van der Waals surface area (Å²) in [5.74, 6) is -16.2. The summed E-state index contributed by atoms with van der Waals surface area (Å²) < 4.78 is 61.6. The smallest absolute Gasteiger partial charge is 0.200 e. The van der Waals surface area contributed by atoms with Crippen LogP contribution in [0.2, 0.25) is 11.1 Å². The minimum atomic E-state index is -2.13. The maximum atomic E-state index is 13.1. The van der Waals surface area contributed by atoms with Crippen molar-refractivity contribution in [2.75, 3.05) is 33.2 Å². The number of halogens is 5. The molecule has 0 heterocycles. The second-order valence-electron chi connectivity index (χ2n) is 14.2. The number of hydrogen-bond acceptors (Lipinski definition) is 10. The van der Waals surface area contributed by atoms with Crippen LogP contribution in [0.25, 0.3) is 0 Å². The molecular formula is C42H57F5N8O12Se. The topological polar surface area (TPSA) is 313 Å². The van der Waals surface area contributed by atoms with Crippen LogP contribution in [0, 0.1) is 36.0 Å². The largest absolute Gasteiger partial charge is 0.203 e. The number of carboxylic acid groups (broad SMARTS) is 2. The van der Waals surface area contributed by atoms with E-state index < -0.39 is 151 Å². The van der Waals surface area contributed by atoms with Crippen molar-refractivity contribution in [2.45, 2.75) is 95.0 Å². The Morgan fingerprint density at radius 1 is 0.662 bits per heavy atom. The fraction of sp³-hybridized carbons (Fsp3) is 0.476. The molecule has 0 aliphatic carbocycles. The zero-order chi connectivity index (χ0) is 52.1. The average molecular weight is 1040 g/mol. The quantitative estimate of drug-likeness (QED) is 0.0282. The summed E-state index contributed by atoms with van der Waals surface area (Å²) in [4.78, 5) is 122. The molecule has 68 heavy (non-hydrogen) atoms. The van der Waals surface area contributed by atoms with Crippen LogP contribution in [0.15, 0.2) is 30.3 Å². The van der Waals surface area contributed by atoms with Gasteiger partial charge < -0.3 is 52.7 Å². The van der Waals surface area contributed by atoms with Crippen LogP contribution in [-0.2, 0) is 54.4 Å². The van der Waals surface area contributed by atoms with E-state index in [-0.39, 0.29) is 19.3 Å². The van der Waals surface area contributed by atoms with Gasteiger partial charge in [0.25, 0.3) is 0 Å². The standard InChI is InChI=1S/C32H46N8O12.C7H3F5.C3H8Se/c1-3-4-10-23(41)38-20(11-12-28(46)47)31(51)36-16-25(43)34-15-24(42)35-18-27(45)40(2)22(13-19-8-6-5-7-9-19)32(52)37-17-26(44)39-21(30(33)50)14-29(48)49;1-2-3(8)5(10)7(12)6(11)4(2)9;1-3-4-2/h5-9,20-22H,3-4,10-18H2,1-2H3,(H2,33,50)(H,34,43)(H,35,42)(H,36,51)(H,37,52)(H,38,41)(H,39,44)(H,46,47)(H,48,49);1H3;3H2,1-2H3/t20-,21-,22?;;/m0../s1. The number of amides is 8. The van der Waals surface area contributed by atoms with Crippen LogP contribution in [0.1, 0.15) is 63.5 Å². The van der Waals surface area contributed by atoms with Gasteiger partial charge in [-0.1, -0.05) is 43.7 Å². The summed E-state index contributed by atoms with van der Waals surface area (Å²) >= 11 is 0.917. The molecule has 0 spiro atoms. The predicted molar refractivity (Wildman–Crippen MR) is 234 cm³/mol. The van der Waals surface area contributed by atoms with Gasteiger partial charge in [-0.25, -0.2) is 22.0 Å². The van der Waals surface area contributed by atoms with Crippen molar-refractivity contribution in [3.8, 4) is 0 Å². The molecule has 0 radical (unpaired) electrons. The summed E-state index contributed by atoms with van der Waals surface area (Å²) in [6.45, 7) is 2.42. The van der Waals surface area contributed by atoms with Crippen molar-refractivity contribution in [1.29, 1.82) is 0 Å². The molecular weight excluding hydrogens is 982 g/mol. The second-order valence-corrected chi connectivity index (χ2v) is 16.7. The number of aliphatic carboxylic acids is 2.